The SMILES string of the molecule is CCCNC(Cc1csc(C)n1)C1CC(C)(C)OC1(C)C. The van der Waals surface area contributed by atoms with E-state index in [9.17, 15) is 0 Å². The smallest absolute Gasteiger partial charge is 0.0897 e. The van der Waals surface area contributed by atoms with Gasteiger partial charge >= 0.3 is 0 Å². The summed E-state index contributed by atoms with van der Waals surface area (Å²) in [5.74, 6) is 0.515. The molecule has 1 aromatic rings. The molecule has 0 saturated carbocycles. The van der Waals surface area contributed by atoms with Crippen molar-refractivity contribution in [2.24, 2.45) is 5.92 Å². The Morgan fingerprint density at radius 2 is 2.14 bits per heavy atom. The summed E-state index contributed by atoms with van der Waals surface area (Å²) in [6.07, 6.45) is 3.26. The molecule has 1 N–H and O–H groups in total. The van der Waals surface area contributed by atoms with Crippen LogP contribution in [0.4, 0.5) is 0 Å². The van der Waals surface area contributed by atoms with Crippen LogP contribution in [0.3, 0.4) is 0 Å². The topological polar surface area (TPSA) is 34.2 Å². The van der Waals surface area contributed by atoms with Crippen LogP contribution in [0.2, 0.25) is 0 Å². The summed E-state index contributed by atoms with van der Waals surface area (Å²) < 4.78 is 6.29. The first-order valence-corrected chi connectivity index (χ1v) is 8.96. The monoisotopic (exact) mass is 310 g/mol. The third-order valence-electron chi connectivity index (χ3n) is 4.38. The van der Waals surface area contributed by atoms with Crippen molar-refractivity contribution in [2.75, 3.05) is 6.54 Å². The third-order valence-corrected chi connectivity index (χ3v) is 5.20. The van der Waals surface area contributed by atoms with E-state index in [4.69, 9.17) is 4.74 Å². The van der Waals surface area contributed by atoms with Crippen molar-refractivity contribution in [3.05, 3.63) is 16.1 Å². The summed E-state index contributed by atoms with van der Waals surface area (Å²) in [4.78, 5) is 4.65. The van der Waals surface area contributed by atoms with Crippen molar-refractivity contribution in [3.8, 4) is 0 Å². The number of aromatic nitrogens is 1. The molecule has 0 aliphatic carbocycles. The zero-order valence-electron chi connectivity index (χ0n) is 14.3. The standard InChI is InChI=1S/C17H30N2OS/c1-7-8-18-15(9-13-11-21-12(2)19-13)14-10-16(3,4)20-17(14,5)6/h11,14-15,18H,7-10H2,1-6H3. The summed E-state index contributed by atoms with van der Waals surface area (Å²) in [6, 6.07) is 0.434. The number of ether oxygens (including phenoxy) is 1. The Bertz CT molecular complexity index is 467. The number of nitrogens with zero attached hydrogens (tertiary/aromatic N) is 1. The maximum atomic E-state index is 6.29. The summed E-state index contributed by atoms with van der Waals surface area (Å²) in [6.45, 7) is 14.2. The highest BCUT2D eigenvalue weighted by Crippen LogP contribution is 2.44. The van der Waals surface area contributed by atoms with Crippen LogP contribution < -0.4 is 5.32 Å². The lowest BCUT2D eigenvalue weighted by Crippen LogP contribution is -2.45. The van der Waals surface area contributed by atoms with Gasteiger partial charge in [0.25, 0.3) is 0 Å². The van der Waals surface area contributed by atoms with Gasteiger partial charge < -0.3 is 10.1 Å². The second-order valence-corrected chi connectivity index (χ2v) is 8.46. The average molecular weight is 311 g/mol. The van der Waals surface area contributed by atoms with E-state index in [1.165, 1.54) is 5.69 Å². The van der Waals surface area contributed by atoms with Crippen LogP contribution in [0.15, 0.2) is 5.38 Å². The van der Waals surface area contributed by atoms with Crippen molar-refractivity contribution in [3.63, 3.8) is 0 Å². The fraction of sp³-hybridized carbons (Fsp3) is 0.824. The number of hydrogen-bond donors (Lipinski definition) is 1. The van der Waals surface area contributed by atoms with Gasteiger partial charge in [-0.25, -0.2) is 4.98 Å². The fourth-order valence-corrected chi connectivity index (χ4v) is 4.27. The van der Waals surface area contributed by atoms with Gasteiger partial charge in [0, 0.05) is 23.8 Å². The van der Waals surface area contributed by atoms with Crippen molar-refractivity contribution in [1.82, 2.24) is 10.3 Å². The number of thiazole rings is 1. The predicted octanol–water partition coefficient (Wildman–Crippen LogP) is 3.96. The van der Waals surface area contributed by atoms with Crippen molar-refractivity contribution in [2.45, 2.75) is 78.0 Å². The van der Waals surface area contributed by atoms with E-state index in [2.05, 4.69) is 57.2 Å². The van der Waals surface area contributed by atoms with Crippen LogP contribution in [-0.4, -0.2) is 28.8 Å². The molecule has 4 heteroatoms. The summed E-state index contributed by atoms with van der Waals surface area (Å²) in [5.41, 5.74) is 1.10. The molecule has 1 aliphatic heterocycles. The van der Waals surface area contributed by atoms with E-state index in [1.54, 1.807) is 11.3 Å². The van der Waals surface area contributed by atoms with Crippen LogP contribution in [-0.2, 0) is 11.2 Å². The second kappa shape index (κ2) is 6.35. The maximum Gasteiger partial charge on any atom is 0.0897 e. The molecule has 0 amide bonds. The van der Waals surface area contributed by atoms with Crippen molar-refractivity contribution >= 4 is 11.3 Å². The summed E-state index contributed by atoms with van der Waals surface area (Å²) >= 11 is 1.74. The highest BCUT2D eigenvalue weighted by molar-refractivity contribution is 7.09. The van der Waals surface area contributed by atoms with Gasteiger partial charge in [0.1, 0.15) is 0 Å². The van der Waals surface area contributed by atoms with Gasteiger partial charge in [0.15, 0.2) is 0 Å². The van der Waals surface area contributed by atoms with E-state index in [-0.39, 0.29) is 11.2 Å². The molecule has 0 aromatic carbocycles. The molecule has 1 aromatic heterocycles. The van der Waals surface area contributed by atoms with Gasteiger partial charge in [-0.2, -0.15) is 0 Å². The molecule has 0 spiro atoms. The molecule has 1 aliphatic rings. The van der Waals surface area contributed by atoms with Gasteiger partial charge in [-0.1, -0.05) is 6.92 Å². The number of rotatable bonds is 6. The highest BCUT2D eigenvalue weighted by atomic mass is 32.1. The Hall–Kier alpha value is -0.450. The molecule has 21 heavy (non-hydrogen) atoms. The van der Waals surface area contributed by atoms with Crippen molar-refractivity contribution < 1.29 is 4.74 Å². The quantitative estimate of drug-likeness (QED) is 0.863. The predicted molar refractivity (Wildman–Crippen MR) is 90.0 cm³/mol. The molecule has 2 rings (SSSR count). The van der Waals surface area contributed by atoms with Crippen LogP contribution in [0, 0.1) is 12.8 Å². The largest absolute Gasteiger partial charge is 0.369 e. The number of aryl methyl sites for hydroxylation is 1. The Kier molecular flexibility index (Phi) is 5.11. The molecule has 2 heterocycles. The normalized spacial score (nSPS) is 25.1. The van der Waals surface area contributed by atoms with E-state index in [1.807, 2.05) is 0 Å². The average Bonchev–Trinajstić information content (AvgIpc) is 2.84. The van der Waals surface area contributed by atoms with E-state index in [0.29, 0.717) is 12.0 Å². The van der Waals surface area contributed by atoms with Crippen LogP contribution in [0.5, 0.6) is 0 Å². The lowest BCUT2D eigenvalue weighted by atomic mass is 9.80. The Morgan fingerprint density at radius 3 is 2.62 bits per heavy atom. The summed E-state index contributed by atoms with van der Waals surface area (Å²) in [7, 11) is 0. The molecule has 120 valence electrons. The molecule has 2 unspecified atom stereocenters. The van der Waals surface area contributed by atoms with Gasteiger partial charge in [0.2, 0.25) is 0 Å². The number of nitrogens with one attached hydrogen (secondary N) is 1. The fourth-order valence-electron chi connectivity index (χ4n) is 3.65. The minimum absolute atomic E-state index is 0.0295. The molecular formula is C17H30N2OS. The van der Waals surface area contributed by atoms with Gasteiger partial charge in [0.05, 0.1) is 21.9 Å². The molecule has 1 saturated heterocycles. The molecule has 3 nitrogen and oxygen atoms in total. The molecule has 1 fully saturated rings. The zero-order valence-corrected chi connectivity index (χ0v) is 15.1. The second-order valence-electron chi connectivity index (χ2n) is 7.40. The van der Waals surface area contributed by atoms with E-state index in [0.717, 1.165) is 30.8 Å². The lowest BCUT2D eigenvalue weighted by molar-refractivity contribution is -0.0776. The summed E-state index contributed by atoms with van der Waals surface area (Å²) in [5, 5.41) is 7.10. The molecule has 0 bridgehead atoms. The molecule has 2 atom stereocenters. The Labute approximate surface area is 133 Å². The van der Waals surface area contributed by atoms with Crippen LogP contribution in [0.25, 0.3) is 0 Å². The van der Waals surface area contributed by atoms with E-state index >= 15 is 0 Å². The van der Waals surface area contributed by atoms with Crippen molar-refractivity contribution in [1.29, 1.82) is 0 Å². The third kappa shape index (κ3) is 4.27. The van der Waals surface area contributed by atoms with E-state index < -0.39 is 0 Å². The minimum atomic E-state index is -0.0834. The first-order valence-electron chi connectivity index (χ1n) is 8.08. The molecular weight excluding hydrogens is 280 g/mol. The highest BCUT2D eigenvalue weighted by Gasteiger charge is 2.48. The first kappa shape index (κ1) is 16.9. The Balaban J connectivity index is 2.15. The lowest BCUT2D eigenvalue weighted by Gasteiger charge is -2.33. The maximum absolute atomic E-state index is 6.29. The van der Waals surface area contributed by atoms with Gasteiger partial charge in [-0.3, -0.25) is 0 Å². The zero-order chi connectivity index (χ0) is 15.7. The minimum Gasteiger partial charge on any atom is -0.369 e. The van der Waals surface area contributed by atoms with Gasteiger partial charge in [-0.15, -0.1) is 11.3 Å². The first-order chi connectivity index (χ1) is 9.73. The molecule has 0 radical (unpaired) electrons. The van der Waals surface area contributed by atoms with Crippen LogP contribution >= 0.6 is 11.3 Å². The number of hydrogen-bond acceptors (Lipinski definition) is 4. The van der Waals surface area contributed by atoms with Gasteiger partial charge in [-0.05, 0) is 54.0 Å². The Morgan fingerprint density at radius 1 is 1.43 bits per heavy atom. The van der Waals surface area contributed by atoms with Crippen LogP contribution in [0.1, 0.15) is 58.2 Å².